The van der Waals surface area contributed by atoms with Crippen molar-refractivity contribution in [1.29, 1.82) is 0 Å². The number of hydrogen-bond donors (Lipinski definition) is 1. The third kappa shape index (κ3) is 5.67. The number of nitrogens with zero attached hydrogens (tertiary/aromatic N) is 4. The van der Waals surface area contributed by atoms with Crippen LogP contribution in [-0.2, 0) is 13.2 Å². The molecule has 0 aliphatic heterocycles. The summed E-state index contributed by atoms with van der Waals surface area (Å²) in [5.41, 5.74) is 1.96. The van der Waals surface area contributed by atoms with Crippen LogP contribution in [0.15, 0.2) is 54.9 Å². The van der Waals surface area contributed by atoms with E-state index in [-0.39, 0.29) is 16.6 Å². The number of ether oxygens (including phenoxy) is 1. The van der Waals surface area contributed by atoms with Crippen molar-refractivity contribution in [2.75, 3.05) is 18.0 Å². The fraction of sp³-hybridized carbons (Fsp3) is 0.273. The van der Waals surface area contributed by atoms with Crippen molar-refractivity contribution >= 4 is 23.5 Å². The van der Waals surface area contributed by atoms with Crippen molar-refractivity contribution in [1.82, 2.24) is 20.3 Å². The number of hydrogen-bond acceptors (Lipinski definition) is 6. The van der Waals surface area contributed by atoms with Crippen LogP contribution in [-0.4, -0.2) is 33.9 Å². The molecule has 3 aromatic rings. The summed E-state index contributed by atoms with van der Waals surface area (Å²) in [6, 6.07) is 13.2. The molecule has 0 bridgehead atoms. The predicted molar refractivity (Wildman–Crippen MR) is 117 cm³/mol. The molecule has 156 valence electrons. The van der Waals surface area contributed by atoms with Crippen molar-refractivity contribution in [3.8, 4) is 5.75 Å². The van der Waals surface area contributed by atoms with E-state index in [1.807, 2.05) is 61.2 Å². The quantitative estimate of drug-likeness (QED) is 0.560. The molecule has 8 heteroatoms. The number of pyridine rings is 1. The zero-order valence-electron chi connectivity index (χ0n) is 17.0. The Morgan fingerprint density at radius 1 is 1.10 bits per heavy atom. The van der Waals surface area contributed by atoms with Gasteiger partial charge >= 0.3 is 0 Å². The van der Waals surface area contributed by atoms with E-state index in [1.165, 1.54) is 6.20 Å². The van der Waals surface area contributed by atoms with Gasteiger partial charge in [0, 0.05) is 25.8 Å². The molecule has 3 rings (SSSR count). The average Bonchev–Trinajstić information content (AvgIpc) is 2.79. The summed E-state index contributed by atoms with van der Waals surface area (Å²) < 4.78 is 5.73. The number of anilines is 1. The first kappa shape index (κ1) is 21.5. The van der Waals surface area contributed by atoms with Gasteiger partial charge in [-0.1, -0.05) is 29.8 Å². The summed E-state index contributed by atoms with van der Waals surface area (Å²) in [6.45, 7) is 6.25. The standard InChI is InChI=1S/C22H24ClN5O2/c1-3-28(4-2)22-26-14-19(23)20(27-22)21(29)25-13-16-8-10-18(11-9-16)30-15-17-7-5-6-12-24-17/h5-12,14H,3-4,13,15H2,1-2H3,(H,25,29). The third-order valence-corrected chi connectivity index (χ3v) is 4.76. The van der Waals surface area contributed by atoms with E-state index in [2.05, 4.69) is 20.3 Å². The highest BCUT2D eigenvalue weighted by Crippen LogP contribution is 2.17. The van der Waals surface area contributed by atoms with Crippen LogP contribution in [0.4, 0.5) is 5.95 Å². The SMILES string of the molecule is CCN(CC)c1ncc(Cl)c(C(=O)NCc2ccc(OCc3ccccn3)cc2)n1. The summed E-state index contributed by atoms with van der Waals surface area (Å²) in [4.78, 5) is 27.3. The summed E-state index contributed by atoms with van der Waals surface area (Å²) in [7, 11) is 0. The summed E-state index contributed by atoms with van der Waals surface area (Å²) >= 11 is 6.14. The number of rotatable bonds is 9. The lowest BCUT2D eigenvalue weighted by atomic mass is 10.2. The van der Waals surface area contributed by atoms with Gasteiger partial charge in [0.05, 0.1) is 16.9 Å². The lowest BCUT2D eigenvalue weighted by Crippen LogP contribution is -2.28. The number of halogens is 1. The molecule has 0 aliphatic rings. The van der Waals surface area contributed by atoms with Crippen LogP contribution in [0.2, 0.25) is 5.02 Å². The van der Waals surface area contributed by atoms with Crippen LogP contribution >= 0.6 is 11.6 Å². The Kier molecular flexibility index (Phi) is 7.57. The highest BCUT2D eigenvalue weighted by atomic mass is 35.5. The number of nitrogens with one attached hydrogen (secondary N) is 1. The zero-order chi connectivity index (χ0) is 21.3. The first-order valence-electron chi connectivity index (χ1n) is 9.78. The molecule has 0 atom stereocenters. The highest BCUT2D eigenvalue weighted by molar-refractivity contribution is 6.33. The van der Waals surface area contributed by atoms with E-state index in [0.717, 1.165) is 30.1 Å². The van der Waals surface area contributed by atoms with Gasteiger partial charge in [0.2, 0.25) is 5.95 Å². The van der Waals surface area contributed by atoms with Gasteiger partial charge in [0.25, 0.3) is 5.91 Å². The second-order valence-electron chi connectivity index (χ2n) is 6.48. The fourth-order valence-corrected chi connectivity index (χ4v) is 2.96. The molecule has 2 heterocycles. The molecular weight excluding hydrogens is 402 g/mol. The van der Waals surface area contributed by atoms with E-state index in [9.17, 15) is 4.79 Å². The Hall–Kier alpha value is -3.19. The first-order chi connectivity index (χ1) is 14.6. The van der Waals surface area contributed by atoms with Gasteiger partial charge in [-0.05, 0) is 43.7 Å². The molecule has 0 spiro atoms. The smallest absolute Gasteiger partial charge is 0.271 e. The van der Waals surface area contributed by atoms with Gasteiger partial charge in [-0.2, -0.15) is 0 Å². The van der Waals surface area contributed by atoms with Crippen molar-refractivity contribution in [2.24, 2.45) is 0 Å². The van der Waals surface area contributed by atoms with Crippen molar-refractivity contribution in [2.45, 2.75) is 27.0 Å². The first-order valence-corrected chi connectivity index (χ1v) is 10.2. The zero-order valence-corrected chi connectivity index (χ0v) is 17.8. The number of carbonyl (C=O) groups excluding carboxylic acids is 1. The van der Waals surface area contributed by atoms with Gasteiger partial charge in [0.1, 0.15) is 12.4 Å². The monoisotopic (exact) mass is 425 g/mol. The Labute approximate surface area is 181 Å². The van der Waals surface area contributed by atoms with Gasteiger partial charge in [0.15, 0.2) is 5.69 Å². The molecule has 0 aliphatic carbocycles. The van der Waals surface area contributed by atoms with Crippen LogP contribution in [0.25, 0.3) is 0 Å². The molecule has 1 aromatic carbocycles. The maximum absolute atomic E-state index is 12.6. The lowest BCUT2D eigenvalue weighted by Gasteiger charge is -2.19. The second kappa shape index (κ2) is 10.5. The van der Waals surface area contributed by atoms with Crippen molar-refractivity contribution < 1.29 is 9.53 Å². The van der Waals surface area contributed by atoms with Crippen LogP contribution in [0.3, 0.4) is 0 Å². The summed E-state index contributed by atoms with van der Waals surface area (Å²) in [6.07, 6.45) is 3.20. The van der Waals surface area contributed by atoms with Crippen molar-refractivity contribution in [3.63, 3.8) is 0 Å². The minimum atomic E-state index is -0.341. The van der Waals surface area contributed by atoms with Gasteiger partial charge in [-0.3, -0.25) is 9.78 Å². The molecule has 0 radical (unpaired) electrons. The van der Waals surface area contributed by atoms with Gasteiger partial charge in [-0.25, -0.2) is 9.97 Å². The number of benzene rings is 1. The van der Waals surface area contributed by atoms with E-state index in [4.69, 9.17) is 16.3 Å². The minimum Gasteiger partial charge on any atom is -0.487 e. The Balaban J connectivity index is 1.57. The van der Waals surface area contributed by atoms with Gasteiger partial charge in [-0.15, -0.1) is 0 Å². The van der Waals surface area contributed by atoms with E-state index >= 15 is 0 Å². The van der Waals surface area contributed by atoms with Gasteiger partial charge < -0.3 is 15.0 Å². The highest BCUT2D eigenvalue weighted by Gasteiger charge is 2.16. The maximum Gasteiger partial charge on any atom is 0.271 e. The predicted octanol–water partition coefficient (Wildman–Crippen LogP) is 3.88. The van der Waals surface area contributed by atoms with E-state index < -0.39 is 0 Å². The molecule has 0 saturated heterocycles. The molecule has 1 amide bonds. The molecule has 0 fully saturated rings. The van der Waals surface area contributed by atoms with Crippen LogP contribution < -0.4 is 15.0 Å². The normalized spacial score (nSPS) is 10.5. The molecule has 2 aromatic heterocycles. The molecular formula is C22H24ClN5O2. The molecule has 7 nitrogen and oxygen atoms in total. The Bertz CT molecular complexity index is 963. The Morgan fingerprint density at radius 2 is 1.87 bits per heavy atom. The summed E-state index contributed by atoms with van der Waals surface area (Å²) in [5, 5.41) is 3.08. The number of aromatic nitrogens is 3. The molecule has 0 saturated carbocycles. The Morgan fingerprint density at radius 3 is 2.53 bits per heavy atom. The molecule has 1 N–H and O–H groups in total. The van der Waals surface area contributed by atoms with Crippen molar-refractivity contribution in [3.05, 3.63) is 76.8 Å². The van der Waals surface area contributed by atoms with E-state index in [0.29, 0.717) is 19.1 Å². The number of carbonyl (C=O) groups is 1. The minimum absolute atomic E-state index is 0.170. The second-order valence-corrected chi connectivity index (χ2v) is 6.88. The lowest BCUT2D eigenvalue weighted by molar-refractivity contribution is 0.0946. The van der Waals surface area contributed by atoms with Crippen LogP contribution in [0.1, 0.15) is 35.6 Å². The largest absolute Gasteiger partial charge is 0.487 e. The third-order valence-electron chi connectivity index (χ3n) is 4.48. The summed E-state index contributed by atoms with van der Waals surface area (Å²) in [5.74, 6) is 0.883. The number of amides is 1. The van der Waals surface area contributed by atoms with Crippen LogP contribution in [0.5, 0.6) is 5.75 Å². The fourth-order valence-electron chi connectivity index (χ4n) is 2.79. The topological polar surface area (TPSA) is 80.2 Å². The molecule has 30 heavy (non-hydrogen) atoms. The average molecular weight is 426 g/mol. The van der Waals surface area contributed by atoms with Crippen LogP contribution in [0, 0.1) is 0 Å². The van der Waals surface area contributed by atoms with E-state index in [1.54, 1.807) is 6.20 Å². The maximum atomic E-state index is 12.6. The molecule has 0 unspecified atom stereocenters.